The second kappa shape index (κ2) is 6.62. The Morgan fingerprint density at radius 1 is 1.14 bits per heavy atom. The minimum atomic E-state index is -3.68. The molecule has 0 amide bonds. The molecule has 0 spiro atoms. The number of benzene rings is 2. The summed E-state index contributed by atoms with van der Waals surface area (Å²) < 4.78 is 24.5. The van der Waals surface area contributed by atoms with Crippen molar-refractivity contribution >= 4 is 21.4 Å². The summed E-state index contributed by atoms with van der Waals surface area (Å²) in [6, 6.07) is 13.8. The number of anilines is 1. The van der Waals surface area contributed by atoms with Crippen LogP contribution in [0.25, 0.3) is 0 Å². The highest BCUT2D eigenvalue weighted by Gasteiger charge is 2.13. The number of aryl methyl sites for hydroxylation is 1. The lowest BCUT2D eigenvalue weighted by Gasteiger charge is -2.09. The highest BCUT2D eigenvalue weighted by atomic mass is 32.2. The predicted octanol–water partition coefficient (Wildman–Crippen LogP) is 2.67. The summed E-state index contributed by atoms with van der Waals surface area (Å²) >= 11 is 0. The van der Waals surface area contributed by atoms with Gasteiger partial charge in [-0.05, 0) is 31.5 Å². The minimum Gasteiger partial charge on any atom is -0.398 e. The summed E-state index contributed by atoms with van der Waals surface area (Å²) in [5.41, 5.74) is 8.79. The van der Waals surface area contributed by atoms with Crippen LogP contribution < -0.4 is 10.6 Å². The molecule has 0 aliphatic carbocycles. The summed E-state index contributed by atoms with van der Waals surface area (Å²) in [5, 5.41) is 4.04. The van der Waals surface area contributed by atoms with Crippen LogP contribution in [0.2, 0.25) is 0 Å². The molecule has 2 aromatic carbocycles. The summed E-state index contributed by atoms with van der Waals surface area (Å²) in [5.74, 6) is 0. The van der Waals surface area contributed by atoms with Crippen LogP contribution in [-0.4, -0.2) is 14.1 Å². The van der Waals surface area contributed by atoms with E-state index in [0.717, 1.165) is 11.1 Å². The van der Waals surface area contributed by atoms with Crippen molar-refractivity contribution in [2.24, 2.45) is 5.10 Å². The van der Waals surface area contributed by atoms with Crippen LogP contribution in [0.15, 0.2) is 58.5 Å². The second-order valence-corrected chi connectivity index (χ2v) is 6.57. The van der Waals surface area contributed by atoms with Crippen molar-refractivity contribution in [1.29, 1.82) is 0 Å². The van der Waals surface area contributed by atoms with Gasteiger partial charge in [-0.25, -0.2) is 0 Å². The molecule has 5 nitrogen and oxygen atoms in total. The van der Waals surface area contributed by atoms with Gasteiger partial charge in [0.25, 0.3) is 10.0 Å². The lowest BCUT2D eigenvalue weighted by Crippen LogP contribution is -2.20. The van der Waals surface area contributed by atoms with Gasteiger partial charge in [-0.15, -0.1) is 0 Å². The number of nitrogen functional groups attached to an aromatic ring is 1. The molecule has 116 valence electrons. The zero-order chi connectivity index (χ0) is 16.2. The van der Waals surface area contributed by atoms with E-state index in [4.69, 9.17) is 5.73 Å². The molecule has 0 bridgehead atoms. The van der Waals surface area contributed by atoms with Crippen molar-refractivity contribution in [1.82, 2.24) is 4.83 Å². The van der Waals surface area contributed by atoms with Gasteiger partial charge >= 0.3 is 0 Å². The molecule has 0 aliphatic heterocycles. The molecule has 0 heterocycles. The predicted molar refractivity (Wildman–Crippen MR) is 89.2 cm³/mol. The number of hydrazone groups is 1. The van der Waals surface area contributed by atoms with Crippen LogP contribution in [0.4, 0.5) is 5.69 Å². The van der Waals surface area contributed by atoms with Crippen molar-refractivity contribution in [3.05, 3.63) is 59.7 Å². The molecule has 3 N–H and O–H groups in total. The van der Waals surface area contributed by atoms with Crippen LogP contribution in [-0.2, 0) is 10.0 Å². The Balaban J connectivity index is 2.28. The fourth-order valence-corrected chi connectivity index (χ4v) is 2.81. The quantitative estimate of drug-likeness (QED) is 0.505. The smallest absolute Gasteiger partial charge is 0.276 e. The highest BCUT2D eigenvalue weighted by Crippen LogP contribution is 2.14. The third-order valence-electron chi connectivity index (χ3n) is 3.24. The minimum absolute atomic E-state index is 0.179. The zero-order valence-corrected chi connectivity index (χ0v) is 13.4. The average molecular weight is 317 g/mol. The lowest BCUT2D eigenvalue weighted by molar-refractivity contribution is 0.584. The Hall–Kier alpha value is -2.34. The normalized spacial score (nSPS) is 12.2. The SMILES string of the molecule is CCC(=NNS(=O)(=O)c1ccc(C)cc1)c1ccccc1N. The Morgan fingerprint density at radius 3 is 2.36 bits per heavy atom. The lowest BCUT2D eigenvalue weighted by atomic mass is 10.1. The molecule has 6 heteroatoms. The Labute approximate surface area is 130 Å². The third-order valence-corrected chi connectivity index (χ3v) is 4.46. The van der Waals surface area contributed by atoms with Crippen LogP contribution >= 0.6 is 0 Å². The standard InChI is InChI=1S/C16H19N3O2S/c1-3-16(14-6-4-5-7-15(14)17)18-19-22(20,21)13-10-8-12(2)9-11-13/h4-11,19H,3,17H2,1-2H3. The number of rotatable bonds is 5. The van der Waals surface area contributed by atoms with E-state index in [9.17, 15) is 8.42 Å². The fraction of sp³-hybridized carbons (Fsp3) is 0.188. The number of nitrogens with one attached hydrogen (secondary N) is 1. The van der Waals surface area contributed by atoms with Gasteiger partial charge in [0, 0.05) is 11.3 Å². The van der Waals surface area contributed by atoms with Crippen molar-refractivity contribution in [2.75, 3.05) is 5.73 Å². The molecular weight excluding hydrogens is 298 g/mol. The number of hydrogen-bond donors (Lipinski definition) is 2. The largest absolute Gasteiger partial charge is 0.398 e. The highest BCUT2D eigenvalue weighted by molar-refractivity contribution is 7.89. The first-order valence-electron chi connectivity index (χ1n) is 6.94. The van der Waals surface area contributed by atoms with E-state index in [-0.39, 0.29) is 4.90 Å². The summed E-state index contributed by atoms with van der Waals surface area (Å²) in [6.45, 7) is 3.79. The maximum absolute atomic E-state index is 12.2. The molecule has 0 aliphatic rings. The molecule has 2 aromatic rings. The summed E-state index contributed by atoms with van der Waals surface area (Å²) in [7, 11) is -3.68. The monoisotopic (exact) mass is 317 g/mol. The summed E-state index contributed by atoms with van der Waals surface area (Å²) in [6.07, 6.45) is 0.560. The van der Waals surface area contributed by atoms with Gasteiger partial charge in [0.1, 0.15) is 0 Å². The van der Waals surface area contributed by atoms with E-state index in [2.05, 4.69) is 9.93 Å². The van der Waals surface area contributed by atoms with Crippen LogP contribution in [0, 0.1) is 6.92 Å². The fourth-order valence-electron chi connectivity index (χ4n) is 1.97. The molecular formula is C16H19N3O2S. The number of hydrogen-bond acceptors (Lipinski definition) is 4. The van der Waals surface area contributed by atoms with Gasteiger partial charge in [0.15, 0.2) is 0 Å². The molecule has 0 radical (unpaired) electrons. The van der Waals surface area contributed by atoms with E-state index in [1.54, 1.807) is 30.3 Å². The topological polar surface area (TPSA) is 84.5 Å². The van der Waals surface area contributed by atoms with Gasteiger partial charge in [0.2, 0.25) is 0 Å². The molecule has 0 atom stereocenters. The second-order valence-electron chi connectivity index (χ2n) is 4.91. The number of nitrogens with zero attached hydrogens (tertiary/aromatic N) is 1. The summed E-state index contributed by atoms with van der Waals surface area (Å²) in [4.78, 5) is 2.46. The van der Waals surface area contributed by atoms with Crippen molar-refractivity contribution in [2.45, 2.75) is 25.2 Å². The molecule has 22 heavy (non-hydrogen) atoms. The van der Waals surface area contributed by atoms with Crippen LogP contribution in [0.1, 0.15) is 24.5 Å². The van der Waals surface area contributed by atoms with Crippen molar-refractivity contribution in [3.63, 3.8) is 0 Å². The van der Waals surface area contributed by atoms with Crippen molar-refractivity contribution < 1.29 is 8.42 Å². The first-order valence-corrected chi connectivity index (χ1v) is 8.42. The van der Waals surface area contributed by atoms with Crippen molar-refractivity contribution in [3.8, 4) is 0 Å². The molecule has 2 rings (SSSR count). The van der Waals surface area contributed by atoms with E-state index in [1.807, 2.05) is 32.0 Å². The molecule has 0 saturated heterocycles. The molecule has 0 unspecified atom stereocenters. The Bertz CT molecular complexity index is 781. The van der Waals surface area contributed by atoms with Gasteiger partial charge in [-0.1, -0.05) is 42.8 Å². The number of sulfonamides is 1. The number of para-hydroxylation sites is 1. The van der Waals surface area contributed by atoms with E-state index in [0.29, 0.717) is 17.8 Å². The maximum Gasteiger partial charge on any atom is 0.276 e. The van der Waals surface area contributed by atoms with Gasteiger partial charge in [-0.2, -0.15) is 18.4 Å². The molecule has 0 saturated carbocycles. The average Bonchev–Trinajstić information content (AvgIpc) is 2.50. The van der Waals surface area contributed by atoms with Crippen LogP contribution in [0.3, 0.4) is 0 Å². The zero-order valence-electron chi connectivity index (χ0n) is 12.6. The molecule has 0 aromatic heterocycles. The Kier molecular flexibility index (Phi) is 4.82. The maximum atomic E-state index is 12.2. The van der Waals surface area contributed by atoms with E-state index < -0.39 is 10.0 Å². The van der Waals surface area contributed by atoms with E-state index >= 15 is 0 Å². The van der Waals surface area contributed by atoms with E-state index in [1.165, 1.54) is 0 Å². The third kappa shape index (κ3) is 3.65. The first kappa shape index (κ1) is 16.0. The Morgan fingerprint density at radius 2 is 1.77 bits per heavy atom. The molecule has 0 fully saturated rings. The number of nitrogens with two attached hydrogens (primary N) is 1. The van der Waals surface area contributed by atoms with Crippen LogP contribution in [0.5, 0.6) is 0 Å². The first-order chi connectivity index (χ1) is 10.4. The van der Waals surface area contributed by atoms with Gasteiger partial charge in [-0.3, -0.25) is 0 Å². The van der Waals surface area contributed by atoms with Gasteiger partial charge < -0.3 is 5.73 Å². The van der Waals surface area contributed by atoms with Gasteiger partial charge in [0.05, 0.1) is 10.6 Å².